The van der Waals surface area contributed by atoms with Gasteiger partial charge in [0, 0.05) is 30.9 Å². The van der Waals surface area contributed by atoms with Crippen LogP contribution in [0.5, 0.6) is 0 Å². The molecule has 0 radical (unpaired) electrons. The van der Waals surface area contributed by atoms with Crippen LogP contribution >= 0.6 is 0 Å². The van der Waals surface area contributed by atoms with E-state index in [1.807, 2.05) is 12.2 Å². The topological polar surface area (TPSA) is 16.1 Å². The molecule has 0 fully saturated rings. The lowest BCUT2D eigenvalue weighted by molar-refractivity contribution is 0.326. The van der Waals surface area contributed by atoms with E-state index in [9.17, 15) is 0 Å². The fourth-order valence-corrected chi connectivity index (χ4v) is 3.59. The molecule has 0 amide bonds. The maximum atomic E-state index is 5.02. The van der Waals surface area contributed by atoms with Crippen molar-refractivity contribution in [3.8, 4) is 11.3 Å². The Morgan fingerprint density at radius 2 is 1.58 bits per heavy atom. The molecule has 0 N–H and O–H groups in total. The molecule has 0 unspecified atom stereocenters. The van der Waals surface area contributed by atoms with Crippen molar-refractivity contribution in [1.82, 2.24) is 9.88 Å². The standard InChI is InChI=1S/C24H32N2/c1-7-14-26(15-8-2)17-22-18(5)16-23(25-19(22)6)24-20(9-3)12-11-13-21(24)10-4/h7-8,11-13,16H,1-2,9-10,14-15,17H2,3-6H3. The van der Waals surface area contributed by atoms with Crippen LogP contribution in [0.4, 0.5) is 0 Å². The summed E-state index contributed by atoms with van der Waals surface area (Å²) in [6.45, 7) is 19.1. The van der Waals surface area contributed by atoms with E-state index >= 15 is 0 Å². The number of nitrogens with zero attached hydrogens (tertiary/aromatic N) is 2. The van der Waals surface area contributed by atoms with E-state index in [1.165, 1.54) is 27.8 Å². The molecule has 0 atom stereocenters. The lowest BCUT2D eigenvalue weighted by Gasteiger charge is -2.22. The summed E-state index contributed by atoms with van der Waals surface area (Å²) in [4.78, 5) is 7.34. The first-order valence-corrected chi connectivity index (χ1v) is 9.58. The molecule has 2 aromatic rings. The first-order chi connectivity index (χ1) is 12.5. The minimum atomic E-state index is 0.852. The molecule has 2 rings (SSSR count). The van der Waals surface area contributed by atoms with Gasteiger partial charge in [0.05, 0.1) is 5.69 Å². The third kappa shape index (κ3) is 4.50. The average Bonchev–Trinajstić information content (AvgIpc) is 2.64. The van der Waals surface area contributed by atoms with E-state index in [0.29, 0.717) is 0 Å². The van der Waals surface area contributed by atoms with E-state index in [-0.39, 0.29) is 0 Å². The minimum Gasteiger partial charge on any atom is -0.292 e. The van der Waals surface area contributed by atoms with Gasteiger partial charge in [0.25, 0.3) is 0 Å². The van der Waals surface area contributed by atoms with Crippen LogP contribution in [0.15, 0.2) is 49.6 Å². The largest absolute Gasteiger partial charge is 0.292 e. The Morgan fingerprint density at radius 3 is 2.04 bits per heavy atom. The number of aryl methyl sites for hydroxylation is 4. The Hall–Kier alpha value is -2.19. The molecule has 2 nitrogen and oxygen atoms in total. The van der Waals surface area contributed by atoms with Crippen molar-refractivity contribution in [2.75, 3.05) is 13.1 Å². The molecule has 0 aliphatic carbocycles. The van der Waals surface area contributed by atoms with Gasteiger partial charge < -0.3 is 0 Å². The molecule has 0 saturated carbocycles. The van der Waals surface area contributed by atoms with Gasteiger partial charge in [0.15, 0.2) is 0 Å². The summed E-state index contributed by atoms with van der Waals surface area (Å²) in [6, 6.07) is 8.88. The van der Waals surface area contributed by atoms with Gasteiger partial charge in [-0.05, 0) is 55.0 Å². The van der Waals surface area contributed by atoms with Crippen LogP contribution in [0.25, 0.3) is 11.3 Å². The van der Waals surface area contributed by atoms with Crippen LogP contribution in [-0.2, 0) is 19.4 Å². The van der Waals surface area contributed by atoms with Crippen LogP contribution in [0.1, 0.15) is 41.8 Å². The molecule has 1 aromatic heterocycles. The van der Waals surface area contributed by atoms with E-state index in [0.717, 1.165) is 43.9 Å². The van der Waals surface area contributed by atoms with Gasteiger partial charge >= 0.3 is 0 Å². The highest BCUT2D eigenvalue weighted by Gasteiger charge is 2.15. The van der Waals surface area contributed by atoms with Gasteiger partial charge in [-0.1, -0.05) is 44.2 Å². The molecular weight excluding hydrogens is 316 g/mol. The molecule has 1 heterocycles. The number of aromatic nitrogens is 1. The predicted octanol–water partition coefficient (Wildman–Crippen LogP) is 5.66. The second-order valence-electron chi connectivity index (χ2n) is 6.82. The van der Waals surface area contributed by atoms with Crippen LogP contribution in [0.2, 0.25) is 0 Å². The average molecular weight is 349 g/mol. The molecule has 0 aliphatic rings. The van der Waals surface area contributed by atoms with Crippen LogP contribution in [0.3, 0.4) is 0 Å². The fraction of sp³-hybridized carbons (Fsp3) is 0.375. The van der Waals surface area contributed by atoms with Crippen molar-refractivity contribution in [3.05, 3.63) is 77.5 Å². The van der Waals surface area contributed by atoms with Crippen LogP contribution in [-0.4, -0.2) is 23.0 Å². The molecular formula is C24H32N2. The van der Waals surface area contributed by atoms with E-state index in [2.05, 4.69) is 70.0 Å². The Kier molecular flexibility index (Phi) is 7.35. The minimum absolute atomic E-state index is 0.852. The first kappa shape index (κ1) is 20.1. The molecule has 1 aromatic carbocycles. The molecule has 0 spiro atoms. The number of benzene rings is 1. The van der Waals surface area contributed by atoms with Gasteiger partial charge in [-0.25, -0.2) is 0 Å². The lowest BCUT2D eigenvalue weighted by atomic mass is 9.93. The summed E-state index contributed by atoms with van der Waals surface area (Å²) in [5.74, 6) is 0. The van der Waals surface area contributed by atoms with Crippen LogP contribution in [0, 0.1) is 13.8 Å². The Labute approximate surface area is 159 Å². The smallest absolute Gasteiger partial charge is 0.0713 e. The number of hydrogen-bond donors (Lipinski definition) is 0. The summed E-state index contributed by atoms with van der Waals surface area (Å²) in [6.07, 6.45) is 5.94. The first-order valence-electron chi connectivity index (χ1n) is 9.58. The van der Waals surface area contributed by atoms with E-state index in [4.69, 9.17) is 4.98 Å². The lowest BCUT2D eigenvalue weighted by Crippen LogP contribution is -2.24. The van der Waals surface area contributed by atoms with Gasteiger partial charge in [0.1, 0.15) is 0 Å². The monoisotopic (exact) mass is 348 g/mol. The Morgan fingerprint density at radius 1 is 1.00 bits per heavy atom. The van der Waals surface area contributed by atoms with E-state index < -0.39 is 0 Å². The van der Waals surface area contributed by atoms with Crippen molar-refractivity contribution in [3.63, 3.8) is 0 Å². The molecule has 0 saturated heterocycles. The van der Waals surface area contributed by atoms with Gasteiger partial charge in [-0.3, -0.25) is 9.88 Å². The summed E-state index contributed by atoms with van der Waals surface area (Å²) in [7, 11) is 0. The predicted molar refractivity (Wildman–Crippen MR) is 114 cm³/mol. The highest BCUT2D eigenvalue weighted by atomic mass is 15.1. The maximum absolute atomic E-state index is 5.02. The second-order valence-corrected chi connectivity index (χ2v) is 6.82. The van der Waals surface area contributed by atoms with Crippen LogP contribution < -0.4 is 0 Å². The Bertz CT molecular complexity index is 719. The maximum Gasteiger partial charge on any atom is 0.0713 e. The number of rotatable bonds is 9. The van der Waals surface area contributed by atoms with Gasteiger partial charge in [-0.2, -0.15) is 0 Å². The molecule has 0 aliphatic heterocycles. The third-order valence-electron chi connectivity index (χ3n) is 4.97. The van der Waals surface area contributed by atoms with Crippen molar-refractivity contribution in [1.29, 1.82) is 0 Å². The zero-order valence-electron chi connectivity index (χ0n) is 16.8. The molecule has 26 heavy (non-hydrogen) atoms. The van der Waals surface area contributed by atoms with Crippen molar-refractivity contribution >= 4 is 0 Å². The summed E-state index contributed by atoms with van der Waals surface area (Å²) in [5.41, 5.74) is 8.92. The molecule has 0 bridgehead atoms. The van der Waals surface area contributed by atoms with Gasteiger partial charge in [-0.15, -0.1) is 13.2 Å². The summed E-state index contributed by atoms with van der Waals surface area (Å²) >= 11 is 0. The van der Waals surface area contributed by atoms with Crippen molar-refractivity contribution < 1.29 is 0 Å². The highest BCUT2D eigenvalue weighted by molar-refractivity contribution is 5.69. The van der Waals surface area contributed by atoms with Crippen molar-refractivity contribution in [2.45, 2.75) is 47.1 Å². The molecule has 2 heteroatoms. The zero-order chi connectivity index (χ0) is 19.1. The zero-order valence-corrected chi connectivity index (χ0v) is 16.8. The SMILES string of the molecule is C=CCN(CC=C)Cc1c(C)cc(-c2c(CC)cccc2CC)nc1C. The second kappa shape index (κ2) is 9.49. The third-order valence-corrected chi connectivity index (χ3v) is 4.97. The molecule has 138 valence electrons. The normalized spacial score (nSPS) is 11.0. The van der Waals surface area contributed by atoms with Crippen molar-refractivity contribution in [2.24, 2.45) is 0 Å². The van der Waals surface area contributed by atoms with Gasteiger partial charge in [0.2, 0.25) is 0 Å². The number of pyridine rings is 1. The van der Waals surface area contributed by atoms with E-state index in [1.54, 1.807) is 0 Å². The Balaban J connectivity index is 2.47. The number of hydrogen-bond acceptors (Lipinski definition) is 2. The summed E-state index contributed by atoms with van der Waals surface area (Å²) < 4.78 is 0. The quantitative estimate of drug-likeness (QED) is 0.543. The summed E-state index contributed by atoms with van der Waals surface area (Å²) in [5, 5.41) is 0. The fourth-order valence-electron chi connectivity index (χ4n) is 3.59. The highest BCUT2D eigenvalue weighted by Crippen LogP contribution is 2.30.